The smallest absolute Gasteiger partial charge is 0.265 e. The predicted molar refractivity (Wildman–Crippen MR) is 126 cm³/mol. The number of rotatable bonds is 6. The molecule has 0 aliphatic rings. The first kappa shape index (κ1) is 23.0. The Labute approximate surface area is 196 Å². The van der Waals surface area contributed by atoms with Gasteiger partial charge in [0, 0.05) is 33.2 Å². The van der Waals surface area contributed by atoms with Crippen LogP contribution in [0, 0.1) is 11.6 Å². The fourth-order valence-electron chi connectivity index (χ4n) is 3.00. The van der Waals surface area contributed by atoms with Crippen LogP contribution in [0.15, 0.2) is 60.7 Å². The first-order valence-corrected chi connectivity index (χ1v) is 12.4. The van der Waals surface area contributed by atoms with Crippen LogP contribution < -0.4 is 14.8 Å². The molecular formula is C22H15ClF2N2O4S2. The molecule has 0 unspecified atom stereocenters. The summed E-state index contributed by atoms with van der Waals surface area (Å²) in [4.78, 5) is 13.2. The Morgan fingerprint density at radius 3 is 2.52 bits per heavy atom. The molecule has 2 N–H and O–H groups in total. The van der Waals surface area contributed by atoms with Crippen LogP contribution in [0.4, 0.5) is 20.2 Å². The molecule has 4 rings (SSSR count). The van der Waals surface area contributed by atoms with Gasteiger partial charge in [0.25, 0.3) is 5.91 Å². The van der Waals surface area contributed by atoms with Crippen molar-refractivity contribution in [1.82, 2.24) is 0 Å². The first-order chi connectivity index (χ1) is 15.6. The minimum Gasteiger partial charge on any atom is -0.454 e. The molecule has 0 radical (unpaired) electrons. The number of sulfonamides is 1. The van der Waals surface area contributed by atoms with Crippen molar-refractivity contribution in [2.45, 2.75) is 0 Å². The molecule has 33 heavy (non-hydrogen) atoms. The van der Waals surface area contributed by atoms with Gasteiger partial charge in [0.2, 0.25) is 10.0 Å². The van der Waals surface area contributed by atoms with Gasteiger partial charge in [0.05, 0.1) is 11.1 Å². The second-order valence-electron chi connectivity index (χ2n) is 7.04. The van der Waals surface area contributed by atoms with Crippen molar-refractivity contribution in [1.29, 1.82) is 0 Å². The van der Waals surface area contributed by atoms with Crippen LogP contribution in [0.25, 0.3) is 10.1 Å². The summed E-state index contributed by atoms with van der Waals surface area (Å²) in [5, 5.41) is 3.63. The highest BCUT2D eigenvalue weighted by atomic mass is 35.5. The van der Waals surface area contributed by atoms with Crippen LogP contribution >= 0.6 is 22.9 Å². The second kappa shape index (κ2) is 8.97. The fraction of sp³-hybridized carbons (Fsp3) is 0.0455. The number of hydrogen-bond donors (Lipinski definition) is 2. The number of benzene rings is 3. The predicted octanol–water partition coefficient (Wildman–Crippen LogP) is 6.25. The van der Waals surface area contributed by atoms with Gasteiger partial charge in [-0.25, -0.2) is 17.2 Å². The van der Waals surface area contributed by atoms with Gasteiger partial charge in [0.15, 0.2) is 11.6 Å². The number of amides is 1. The molecule has 6 nitrogen and oxygen atoms in total. The number of hydrogen-bond acceptors (Lipinski definition) is 5. The molecule has 0 aliphatic carbocycles. The van der Waals surface area contributed by atoms with E-state index in [-0.39, 0.29) is 16.5 Å². The molecule has 0 atom stereocenters. The number of carbonyl (C=O) groups is 1. The van der Waals surface area contributed by atoms with Crippen molar-refractivity contribution in [2.24, 2.45) is 0 Å². The van der Waals surface area contributed by atoms with Crippen LogP contribution in [0.1, 0.15) is 9.67 Å². The molecule has 0 fully saturated rings. The third kappa shape index (κ3) is 5.78. The maximum atomic E-state index is 13.9. The number of thiophene rings is 1. The second-order valence-corrected chi connectivity index (χ2v) is 10.3. The molecule has 1 amide bonds. The lowest BCUT2D eigenvalue weighted by Crippen LogP contribution is -2.10. The maximum Gasteiger partial charge on any atom is 0.265 e. The summed E-state index contributed by atoms with van der Waals surface area (Å²) in [5.41, 5.74) is 0.696. The van der Waals surface area contributed by atoms with Crippen molar-refractivity contribution in [3.8, 4) is 11.5 Å². The summed E-state index contributed by atoms with van der Waals surface area (Å²) in [5.74, 6) is -2.08. The summed E-state index contributed by atoms with van der Waals surface area (Å²) < 4.78 is 58.5. The molecular weight excluding hydrogens is 494 g/mol. The zero-order valence-corrected chi connectivity index (χ0v) is 19.2. The average molecular weight is 509 g/mol. The van der Waals surface area contributed by atoms with E-state index in [4.69, 9.17) is 16.3 Å². The van der Waals surface area contributed by atoms with Gasteiger partial charge in [-0.3, -0.25) is 9.52 Å². The van der Waals surface area contributed by atoms with Crippen molar-refractivity contribution in [3.05, 3.63) is 82.2 Å². The van der Waals surface area contributed by atoms with E-state index in [1.54, 1.807) is 24.3 Å². The van der Waals surface area contributed by atoms with Gasteiger partial charge in [-0.2, -0.15) is 0 Å². The monoisotopic (exact) mass is 508 g/mol. The van der Waals surface area contributed by atoms with E-state index in [1.165, 1.54) is 29.5 Å². The minimum atomic E-state index is -3.42. The van der Waals surface area contributed by atoms with Crippen LogP contribution in [0.2, 0.25) is 5.02 Å². The highest BCUT2D eigenvalue weighted by molar-refractivity contribution is 7.92. The van der Waals surface area contributed by atoms with Gasteiger partial charge >= 0.3 is 0 Å². The van der Waals surface area contributed by atoms with Crippen molar-refractivity contribution >= 4 is 60.3 Å². The standard InChI is InChI=1S/C22H15ClF2N2O4S2/c1-33(29,30)27-15-3-5-20-12(6-15)7-21(32-20)22(28)26-16-8-13(23)9-17(11-16)31-19-4-2-14(24)10-18(19)25/h2-11,27H,1H3,(H,26,28). The molecule has 1 aromatic heterocycles. The van der Waals surface area contributed by atoms with Gasteiger partial charge in [-0.15, -0.1) is 11.3 Å². The molecule has 4 aromatic rings. The summed E-state index contributed by atoms with van der Waals surface area (Å²) in [7, 11) is -3.42. The minimum absolute atomic E-state index is 0.149. The van der Waals surface area contributed by atoms with Gasteiger partial charge in [-0.1, -0.05) is 11.6 Å². The van der Waals surface area contributed by atoms with E-state index in [2.05, 4.69) is 10.0 Å². The number of anilines is 2. The highest BCUT2D eigenvalue weighted by Crippen LogP contribution is 2.32. The van der Waals surface area contributed by atoms with Crippen LogP contribution in [-0.2, 0) is 10.0 Å². The molecule has 170 valence electrons. The fourth-order valence-corrected chi connectivity index (χ4v) is 4.72. The Hall–Kier alpha value is -3.21. The van der Waals surface area contributed by atoms with Gasteiger partial charge in [-0.05, 0) is 53.9 Å². The van der Waals surface area contributed by atoms with E-state index in [1.807, 2.05) is 0 Å². The number of fused-ring (bicyclic) bond motifs is 1. The van der Waals surface area contributed by atoms with Gasteiger partial charge < -0.3 is 10.1 Å². The third-order valence-electron chi connectivity index (χ3n) is 4.29. The number of nitrogens with one attached hydrogen (secondary N) is 2. The van der Waals surface area contributed by atoms with Gasteiger partial charge in [0.1, 0.15) is 11.6 Å². The molecule has 1 heterocycles. The molecule has 0 bridgehead atoms. The Morgan fingerprint density at radius 2 is 1.79 bits per heavy atom. The average Bonchev–Trinajstić information content (AvgIpc) is 3.12. The quantitative estimate of drug-likeness (QED) is 0.322. The van der Waals surface area contributed by atoms with E-state index in [0.717, 1.165) is 23.1 Å². The summed E-state index contributed by atoms with van der Waals surface area (Å²) in [6.45, 7) is 0. The molecule has 11 heteroatoms. The normalized spacial score (nSPS) is 11.4. The topological polar surface area (TPSA) is 84.5 Å². The highest BCUT2D eigenvalue weighted by Gasteiger charge is 2.14. The van der Waals surface area contributed by atoms with Crippen LogP contribution in [0.5, 0.6) is 11.5 Å². The molecule has 0 saturated heterocycles. The van der Waals surface area contributed by atoms with E-state index in [9.17, 15) is 22.0 Å². The van der Waals surface area contributed by atoms with Crippen molar-refractivity contribution in [2.75, 3.05) is 16.3 Å². The Kier molecular flexibility index (Phi) is 6.24. The lowest BCUT2D eigenvalue weighted by atomic mass is 10.2. The largest absolute Gasteiger partial charge is 0.454 e. The molecule has 0 saturated carbocycles. The Bertz CT molecular complexity index is 1490. The van der Waals surface area contributed by atoms with E-state index >= 15 is 0 Å². The molecule has 0 aliphatic heterocycles. The molecule has 3 aromatic carbocycles. The van der Waals surface area contributed by atoms with E-state index < -0.39 is 27.6 Å². The number of ether oxygens (including phenoxy) is 1. The lowest BCUT2D eigenvalue weighted by molar-refractivity contribution is 0.103. The zero-order chi connectivity index (χ0) is 23.8. The first-order valence-electron chi connectivity index (χ1n) is 9.32. The summed E-state index contributed by atoms with van der Waals surface area (Å²) in [6, 6.07) is 13.9. The number of carbonyl (C=O) groups excluding carboxylic acids is 1. The summed E-state index contributed by atoms with van der Waals surface area (Å²) >= 11 is 7.33. The Morgan fingerprint density at radius 1 is 1.00 bits per heavy atom. The Balaban J connectivity index is 1.55. The molecule has 0 spiro atoms. The SMILES string of the molecule is CS(=O)(=O)Nc1ccc2sc(C(=O)Nc3cc(Cl)cc(Oc4ccc(F)cc4F)c3)cc2c1. The van der Waals surface area contributed by atoms with Crippen LogP contribution in [-0.4, -0.2) is 20.6 Å². The van der Waals surface area contributed by atoms with Crippen molar-refractivity contribution < 1.29 is 26.7 Å². The zero-order valence-electron chi connectivity index (χ0n) is 16.9. The lowest BCUT2D eigenvalue weighted by Gasteiger charge is -2.10. The summed E-state index contributed by atoms with van der Waals surface area (Å²) in [6.07, 6.45) is 1.05. The van der Waals surface area contributed by atoms with E-state index in [0.29, 0.717) is 27.7 Å². The number of halogens is 3. The third-order valence-corrected chi connectivity index (χ3v) is 6.23. The maximum absolute atomic E-state index is 13.9. The van der Waals surface area contributed by atoms with Crippen LogP contribution in [0.3, 0.4) is 0 Å². The van der Waals surface area contributed by atoms with Crippen molar-refractivity contribution in [3.63, 3.8) is 0 Å².